The van der Waals surface area contributed by atoms with E-state index in [1.165, 1.54) is 12.1 Å². The Balaban J connectivity index is 2.09. The number of benzene rings is 2. The van der Waals surface area contributed by atoms with Crippen molar-refractivity contribution in [2.24, 2.45) is 11.5 Å². The molecule has 22 heavy (non-hydrogen) atoms. The van der Waals surface area contributed by atoms with Crippen LogP contribution >= 0.6 is 11.6 Å². The molecule has 2 aromatic carbocycles. The number of primary amides is 1. The van der Waals surface area contributed by atoms with E-state index in [2.05, 4.69) is 0 Å². The number of carbonyl (C=O) groups is 1. The molecule has 1 amide bonds. The maximum atomic E-state index is 13.7. The lowest BCUT2D eigenvalue weighted by molar-refractivity contribution is -0.118. The summed E-state index contributed by atoms with van der Waals surface area (Å²) in [6, 6.07) is 10.9. The number of amides is 1. The average Bonchev–Trinajstić information content (AvgIpc) is 2.46. The molecule has 0 bridgehead atoms. The van der Waals surface area contributed by atoms with Crippen molar-refractivity contribution in [1.82, 2.24) is 0 Å². The molecular formula is C16H16ClFN2O2. The summed E-state index contributed by atoms with van der Waals surface area (Å²) in [6.45, 7) is 0.0000174. The maximum Gasteiger partial charge on any atom is 0.219 e. The molecule has 0 heterocycles. The van der Waals surface area contributed by atoms with Gasteiger partial charge in [0.2, 0.25) is 5.91 Å². The molecule has 0 aliphatic carbocycles. The zero-order valence-corrected chi connectivity index (χ0v) is 12.5. The van der Waals surface area contributed by atoms with E-state index in [9.17, 15) is 9.18 Å². The Morgan fingerprint density at radius 1 is 1.27 bits per heavy atom. The summed E-state index contributed by atoms with van der Waals surface area (Å²) in [5.74, 6) is -0.386. The molecule has 0 fully saturated rings. The first-order valence-corrected chi connectivity index (χ1v) is 7.04. The summed E-state index contributed by atoms with van der Waals surface area (Å²) in [5, 5.41) is 0.307. The predicted molar refractivity (Wildman–Crippen MR) is 82.9 cm³/mol. The van der Waals surface area contributed by atoms with E-state index in [-0.39, 0.29) is 18.6 Å². The molecule has 0 saturated carbocycles. The predicted octanol–water partition coefficient (Wildman–Crippen LogP) is 2.93. The number of hydrogen-bond acceptors (Lipinski definition) is 3. The number of ether oxygens (including phenoxy) is 1. The highest BCUT2D eigenvalue weighted by atomic mass is 35.5. The van der Waals surface area contributed by atoms with Gasteiger partial charge in [-0.1, -0.05) is 29.8 Å². The van der Waals surface area contributed by atoms with Gasteiger partial charge in [-0.2, -0.15) is 0 Å². The molecule has 4 nitrogen and oxygen atoms in total. The van der Waals surface area contributed by atoms with E-state index in [4.69, 9.17) is 27.8 Å². The molecule has 2 aromatic rings. The molecule has 0 aliphatic heterocycles. The lowest BCUT2D eigenvalue weighted by atomic mass is 10.0. The van der Waals surface area contributed by atoms with Crippen LogP contribution in [-0.2, 0) is 11.4 Å². The largest absolute Gasteiger partial charge is 0.489 e. The number of nitrogens with two attached hydrogens (primary N) is 2. The molecule has 1 unspecified atom stereocenters. The fourth-order valence-electron chi connectivity index (χ4n) is 2.00. The normalized spacial score (nSPS) is 12.0. The Labute approximate surface area is 132 Å². The van der Waals surface area contributed by atoms with Crippen molar-refractivity contribution in [1.29, 1.82) is 0 Å². The number of hydrogen-bond donors (Lipinski definition) is 2. The minimum Gasteiger partial charge on any atom is -0.489 e. The molecule has 116 valence electrons. The summed E-state index contributed by atoms with van der Waals surface area (Å²) < 4.78 is 19.2. The van der Waals surface area contributed by atoms with Gasteiger partial charge in [0.05, 0.1) is 5.02 Å². The Bertz CT molecular complexity index is 659. The van der Waals surface area contributed by atoms with Gasteiger partial charge in [-0.15, -0.1) is 0 Å². The first-order chi connectivity index (χ1) is 10.5. The van der Waals surface area contributed by atoms with E-state index in [0.717, 1.165) is 5.56 Å². The van der Waals surface area contributed by atoms with Gasteiger partial charge in [0.15, 0.2) is 0 Å². The van der Waals surface area contributed by atoms with Gasteiger partial charge in [0.1, 0.15) is 18.2 Å². The van der Waals surface area contributed by atoms with Crippen molar-refractivity contribution in [3.05, 3.63) is 64.4 Å². The second-order valence-corrected chi connectivity index (χ2v) is 5.25. The summed E-state index contributed by atoms with van der Waals surface area (Å²) in [5.41, 5.74) is 12.0. The fourth-order valence-corrected chi connectivity index (χ4v) is 2.21. The Hall–Kier alpha value is -2.11. The molecule has 0 aromatic heterocycles. The first-order valence-electron chi connectivity index (χ1n) is 6.67. The van der Waals surface area contributed by atoms with Gasteiger partial charge in [-0.25, -0.2) is 4.39 Å². The van der Waals surface area contributed by atoms with Crippen molar-refractivity contribution in [3.63, 3.8) is 0 Å². The molecular weight excluding hydrogens is 307 g/mol. The van der Waals surface area contributed by atoms with Crippen LogP contribution < -0.4 is 16.2 Å². The van der Waals surface area contributed by atoms with Crippen molar-refractivity contribution in [2.45, 2.75) is 19.1 Å². The van der Waals surface area contributed by atoms with E-state index >= 15 is 0 Å². The van der Waals surface area contributed by atoms with Crippen LogP contribution in [0.25, 0.3) is 0 Å². The van der Waals surface area contributed by atoms with Crippen molar-refractivity contribution < 1.29 is 13.9 Å². The summed E-state index contributed by atoms with van der Waals surface area (Å²) in [7, 11) is 0. The number of halogens is 2. The minimum absolute atomic E-state index is 0.0000174. The number of rotatable bonds is 6. The quantitative estimate of drug-likeness (QED) is 0.858. The van der Waals surface area contributed by atoms with Crippen molar-refractivity contribution in [3.8, 4) is 5.75 Å². The van der Waals surface area contributed by atoms with E-state index < -0.39 is 17.8 Å². The standard InChI is InChI=1S/C16H16ClFN2O2/c17-13-5-2-6-14(18)12(13)9-22-11-4-1-3-10(7-11)15(19)8-16(20)21/h1-7,15H,8-9,19H2,(H2,20,21). The third kappa shape index (κ3) is 4.19. The molecule has 4 N–H and O–H groups in total. The molecule has 1 atom stereocenters. The molecule has 0 aliphatic rings. The van der Waals surface area contributed by atoms with Gasteiger partial charge in [0.25, 0.3) is 0 Å². The van der Waals surface area contributed by atoms with Crippen molar-refractivity contribution >= 4 is 17.5 Å². The SMILES string of the molecule is NC(=O)CC(N)c1cccc(OCc2c(F)cccc2Cl)c1. The second kappa shape index (κ2) is 7.24. The smallest absolute Gasteiger partial charge is 0.219 e. The van der Waals surface area contributed by atoms with Gasteiger partial charge in [-0.3, -0.25) is 4.79 Å². The maximum absolute atomic E-state index is 13.7. The Morgan fingerprint density at radius 2 is 2.00 bits per heavy atom. The van der Waals surface area contributed by atoms with E-state index in [0.29, 0.717) is 10.8 Å². The lowest BCUT2D eigenvalue weighted by Crippen LogP contribution is -2.20. The van der Waals surface area contributed by atoms with Crippen LogP contribution in [0.4, 0.5) is 4.39 Å². The van der Waals surface area contributed by atoms with Crippen LogP contribution in [-0.4, -0.2) is 5.91 Å². The van der Waals surface area contributed by atoms with Crippen molar-refractivity contribution in [2.75, 3.05) is 0 Å². The van der Waals surface area contributed by atoms with Crippen LogP contribution in [0.1, 0.15) is 23.6 Å². The van der Waals surface area contributed by atoms with E-state index in [1.54, 1.807) is 30.3 Å². The number of carbonyl (C=O) groups excluding carboxylic acids is 1. The van der Waals surface area contributed by atoms with Gasteiger partial charge in [-0.05, 0) is 29.8 Å². The monoisotopic (exact) mass is 322 g/mol. The average molecular weight is 323 g/mol. The van der Waals surface area contributed by atoms with E-state index in [1.807, 2.05) is 0 Å². The third-order valence-corrected chi connectivity index (χ3v) is 3.51. The van der Waals surface area contributed by atoms with Crippen LogP contribution in [0.3, 0.4) is 0 Å². The fraction of sp³-hybridized carbons (Fsp3) is 0.188. The van der Waals surface area contributed by atoms with Crippen LogP contribution in [0.15, 0.2) is 42.5 Å². The summed E-state index contributed by atoms with van der Waals surface area (Å²) in [6.07, 6.45) is 0.0442. The Kier molecular flexibility index (Phi) is 5.35. The highest BCUT2D eigenvalue weighted by Gasteiger charge is 2.11. The van der Waals surface area contributed by atoms with Gasteiger partial charge < -0.3 is 16.2 Å². The zero-order valence-electron chi connectivity index (χ0n) is 11.8. The molecule has 0 spiro atoms. The lowest BCUT2D eigenvalue weighted by Gasteiger charge is -2.13. The molecule has 0 radical (unpaired) electrons. The van der Waals surface area contributed by atoms with Crippen LogP contribution in [0.2, 0.25) is 5.02 Å². The molecule has 2 rings (SSSR count). The van der Waals surface area contributed by atoms with Crippen LogP contribution in [0.5, 0.6) is 5.75 Å². The van der Waals surface area contributed by atoms with Crippen LogP contribution in [0, 0.1) is 5.82 Å². The third-order valence-electron chi connectivity index (χ3n) is 3.15. The minimum atomic E-state index is -0.502. The first kappa shape index (κ1) is 16.3. The summed E-state index contributed by atoms with van der Waals surface area (Å²) >= 11 is 5.94. The topological polar surface area (TPSA) is 78.3 Å². The second-order valence-electron chi connectivity index (χ2n) is 4.84. The van der Waals surface area contributed by atoms with Gasteiger partial charge in [0, 0.05) is 18.0 Å². The summed E-state index contributed by atoms with van der Waals surface area (Å²) in [4.78, 5) is 10.9. The Morgan fingerprint density at radius 3 is 2.68 bits per heavy atom. The highest BCUT2D eigenvalue weighted by molar-refractivity contribution is 6.31. The highest BCUT2D eigenvalue weighted by Crippen LogP contribution is 2.23. The zero-order chi connectivity index (χ0) is 16.1. The molecule has 0 saturated heterocycles. The van der Waals surface area contributed by atoms with Gasteiger partial charge >= 0.3 is 0 Å². The molecule has 6 heteroatoms.